The number of oxime groups is 1. The number of hydrogen-bond acceptors (Lipinski definition) is 7. The molecular formula is C30H31N3O4. The Balaban J connectivity index is 1.20. The van der Waals surface area contributed by atoms with E-state index in [2.05, 4.69) is 21.0 Å². The van der Waals surface area contributed by atoms with Gasteiger partial charge in [0.15, 0.2) is 5.43 Å². The molecule has 0 radical (unpaired) electrons. The van der Waals surface area contributed by atoms with E-state index in [4.69, 9.17) is 14.0 Å². The number of hydrogen-bond donors (Lipinski definition) is 0. The average Bonchev–Trinajstić information content (AvgIpc) is 2.95. The zero-order valence-corrected chi connectivity index (χ0v) is 21.2. The van der Waals surface area contributed by atoms with E-state index in [1.54, 1.807) is 26.3 Å². The summed E-state index contributed by atoms with van der Waals surface area (Å²) in [5, 5.41) is 4.71. The van der Waals surface area contributed by atoms with Gasteiger partial charge in [-0.1, -0.05) is 53.7 Å². The molecule has 0 bridgehead atoms. The number of ether oxygens (including phenoxy) is 1. The van der Waals surface area contributed by atoms with Gasteiger partial charge >= 0.3 is 0 Å². The summed E-state index contributed by atoms with van der Waals surface area (Å²) in [5.41, 5.74) is 3.78. The summed E-state index contributed by atoms with van der Waals surface area (Å²) < 4.78 is 11.7. The molecule has 0 atom stereocenters. The Morgan fingerprint density at radius 3 is 2.49 bits per heavy atom. The second-order valence-corrected chi connectivity index (χ2v) is 9.04. The monoisotopic (exact) mass is 497 g/mol. The second-order valence-electron chi connectivity index (χ2n) is 9.04. The number of methoxy groups -OCH3 is 1. The summed E-state index contributed by atoms with van der Waals surface area (Å²) in [7, 11) is 1.71. The summed E-state index contributed by atoms with van der Waals surface area (Å²) in [4.78, 5) is 23.3. The first-order valence-corrected chi connectivity index (χ1v) is 12.5. The Hall–Kier alpha value is -4.10. The van der Waals surface area contributed by atoms with Crippen LogP contribution in [0.25, 0.3) is 22.3 Å². The second kappa shape index (κ2) is 11.3. The van der Waals surface area contributed by atoms with Crippen molar-refractivity contribution in [1.29, 1.82) is 0 Å². The molecule has 37 heavy (non-hydrogen) atoms. The quantitative estimate of drug-likeness (QED) is 0.195. The van der Waals surface area contributed by atoms with Gasteiger partial charge in [0.25, 0.3) is 0 Å². The predicted molar refractivity (Wildman–Crippen MR) is 148 cm³/mol. The maximum absolute atomic E-state index is 13.0. The van der Waals surface area contributed by atoms with Crippen molar-refractivity contribution in [3.05, 3.63) is 94.1 Å². The fraction of sp³-hybridized carbons (Fsp3) is 0.267. The SMILES string of the molecule is COc1ccccc1N1CCN(CCON=Cc2cccc3c(=O)c(C)c(-c4ccccc4)oc23)CC1. The molecule has 0 aliphatic carbocycles. The van der Waals surface area contributed by atoms with E-state index in [1.807, 2.05) is 60.7 Å². The molecule has 0 spiro atoms. The van der Waals surface area contributed by atoms with Crippen LogP contribution >= 0.6 is 0 Å². The van der Waals surface area contributed by atoms with Gasteiger partial charge in [-0.05, 0) is 31.2 Å². The molecule has 3 aromatic carbocycles. The van der Waals surface area contributed by atoms with Crippen molar-refractivity contribution in [1.82, 2.24) is 4.90 Å². The number of benzene rings is 3. The third-order valence-corrected chi connectivity index (χ3v) is 6.77. The minimum absolute atomic E-state index is 0.0384. The highest BCUT2D eigenvalue weighted by molar-refractivity contribution is 5.96. The van der Waals surface area contributed by atoms with Crippen LogP contribution in [0.3, 0.4) is 0 Å². The number of nitrogens with zero attached hydrogens (tertiary/aromatic N) is 3. The Morgan fingerprint density at radius 1 is 0.946 bits per heavy atom. The lowest BCUT2D eigenvalue weighted by Crippen LogP contribution is -2.47. The van der Waals surface area contributed by atoms with Gasteiger partial charge < -0.3 is 18.9 Å². The van der Waals surface area contributed by atoms with Crippen LogP contribution in [0.4, 0.5) is 5.69 Å². The van der Waals surface area contributed by atoms with Crippen molar-refractivity contribution in [2.45, 2.75) is 6.92 Å². The first-order chi connectivity index (χ1) is 18.2. The largest absolute Gasteiger partial charge is 0.495 e. The molecule has 7 nitrogen and oxygen atoms in total. The van der Waals surface area contributed by atoms with Crippen molar-refractivity contribution in [3.63, 3.8) is 0 Å². The number of anilines is 1. The van der Waals surface area contributed by atoms with Gasteiger partial charge in [0, 0.05) is 49.4 Å². The van der Waals surface area contributed by atoms with Crippen LogP contribution in [-0.4, -0.2) is 57.6 Å². The van der Waals surface area contributed by atoms with Crippen molar-refractivity contribution < 1.29 is 14.0 Å². The van der Waals surface area contributed by atoms with E-state index in [0.29, 0.717) is 34.5 Å². The molecule has 1 fully saturated rings. The standard InChI is InChI=1S/C30H31N3O4/c1-22-28(34)25-12-8-11-24(30(25)37-29(22)23-9-4-3-5-10-23)21-31-36-20-19-32-15-17-33(18-16-32)26-13-6-7-14-27(26)35-2/h3-14,21H,15-20H2,1-2H3. The van der Waals surface area contributed by atoms with Crippen LogP contribution in [-0.2, 0) is 4.84 Å². The van der Waals surface area contributed by atoms with E-state index in [-0.39, 0.29) is 5.43 Å². The van der Waals surface area contributed by atoms with Gasteiger partial charge in [0.2, 0.25) is 0 Å². The molecule has 190 valence electrons. The molecular weight excluding hydrogens is 466 g/mol. The van der Waals surface area contributed by atoms with E-state index in [0.717, 1.165) is 49.7 Å². The van der Waals surface area contributed by atoms with Gasteiger partial charge in [-0.25, -0.2) is 0 Å². The zero-order valence-electron chi connectivity index (χ0n) is 21.2. The van der Waals surface area contributed by atoms with Crippen molar-refractivity contribution >= 4 is 22.9 Å². The first kappa shape index (κ1) is 24.6. The number of para-hydroxylation sites is 3. The van der Waals surface area contributed by atoms with Crippen LogP contribution < -0.4 is 15.1 Å². The number of rotatable bonds is 8. The normalized spacial score (nSPS) is 14.4. The smallest absolute Gasteiger partial charge is 0.196 e. The Kier molecular flexibility index (Phi) is 7.51. The Bertz CT molecular complexity index is 1440. The summed E-state index contributed by atoms with van der Waals surface area (Å²) >= 11 is 0. The maximum atomic E-state index is 13.0. The lowest BCUT2D eigenvalue weighted by molar-refractivity contribution is 0.109. The first-order valence-electron chi connectivity index (χ1n) is 12.5. The van der Waals surface area contributed by atoms with Crippen LogP contribution in [0.15, 0.2) is 87.2 Å². The van der Waals surface area contributed by atoms with Crippen LogP contribution in [0.2, 0.25) is 0 Å². The molecule has 0 unspecified atom stereocenters. The van der Waals surface area contributed by atoms with Gasteiger partial charge in [-0.15, -0.1) is 0 Å². The minimum atomic E-state index is -0.0384. The Morgan fingerprint density at radius 2 is 1.70 bits per heavy atom. The molecule has 0 amide bonds. The average molecular weight is 498 g/mol. The van der Waals surface area contributed by atoms with Crippen molar-refractivity contribution in [3.8, 4) is 17.1 Å². The summed E-state index contributed by atoms with van der Waals surface area (Å²) in [6.07, 6.45) is 1.62. The topological polar surface area (TPSA) is 67.5 Å². The molecule has 1 saturated heterocycles. The number of piperazine rings is 1. The molecule has 5 rings (SSSR count). The number of fused-ring (bicyclic) bond motifs is 1. The van der Waals surface area contributed by atoms with Crippen molar-refractivity contribution in [2.24, 2.45) is 5.16 Å². The molecule has 1 aliphatic heterocycles. The maximum Gasteiger partial charge on any atom is 0.196 e. The fourth-order valence-electron chi connectivity index (χ4n) is 4.72. The van der Waals surface area contributed by atoms with Gasteiger partial charge in [-0.3, -0.25) is 9.69 Å². The lowest BCUT2D eigenvalue weighted by Gasteiger charge is -2.36. The predicted octanol–water partition coefficient (Wildman–Crippen LogP) is 4.95. The van der Waals surface area contributed by atoms with E-state index >= 15 is 0 Å². The molecule has 0 N–H and O–H groups in total. The van der Waals surface area contributed by atoms with Gasteiger partial charge in [0.1, 0.15) is 23.7 Å². The van der Waals surface area contributed by atoms with E-state index < -0.39 is 0 Å². The van der Waals surface area contributed by atoms with Gasteiger partial charge in [0.05, 0.1) is 24.4 Å². The highest BCUT2D eigenvalue weighted by Crippen LogP contribution is 2.29. The molecule has 1 aliphatic rings. The van der Waals surface area contributed by atoms with Crippen LogP contribution in [0.5, 0.6) is 5.75 Å². The third kappa shape index (κ3) is 5.37. The summed E-state index contributed by atoms with van der Waals surface area (Å²) in [6, 6.07) is 23.3. The molecule has 4 aromatic rings. The summed E-state index contributed by atoms with van der Waals surface area (Å²) in [5.74, 6) is 1.48. The molecule has 2 heterocycles. The third-order valence-electron chi connectivity index (χ3n) is 6.77. The van der Waals surface area contributed by atoms with Crippen LogP contribution in [0, 0.1) is 6.92 Å². The van der Waals surface area contributed by atoms with E-state index in [9.17, 15) is 4.79 Å². The molecule has 7 heteroatoms. The van der Waals surface area contributed by atoms with E-state index in [1.165, 1.54) is 0 Å². The fourth-order valence-corrected chi connectivity index (χ4v) is 4.72. The van der Waals surface area contributed by atoms with Crippen molar-refractivity contribution in [2.75, 3.05) is 51.3 Å². The molecule has 1 aromatic heterocycles. The Labute approximate surface area is 216 Å². The zero-order chi connectivity index (χ0) is 25.6. The lowest BCUT2D eigenvalue weighted by atomic mass is 10.0. The minimum Gasteiger partial charge on any atom is -0.495 e. The van der Waals surface area contributed by atoms with Crippen LogP contribution in [0.1, 0.15) is 11.1 Å². The van der Waals surface area contributed by atoms with Gasteiger partial charge in [-0.2, -0.15) is 0 Å². The highest BCUT2D eigenvalue weighted by atomic mass is 16.6. The highest BCUT2D eigenvalue weighted by Gasteiger charge is 2.19. The molecule has 0 saturated carbocycles. The summed E-state index contributed by atoms with van der Waals surface area (Å²) in [6.45, 7) is 6.83.